The lowest BCUT2D eigenvalue weighted by molar-refractivity contribution is -0.945. The zero-order valence-electron chi connectivity index (χ0n) is 42.9. The number of nitrogens with one attached hydrogen (secondary N) is 5. The van der Waals surface area contributed by atoms with Crippen LogP contribution in [0.1, 0.15) is 64.4 Å². The number of aromatic amines is 2. The van der Waals surface area contributed by atoms with Gasteiger partial charge in [0.2, 0.25) is 11.8 Å². The second-order valence-corrected chi connectivity index (χ2v) is 19.3. The Morgan fingerprint density at radius 2 is 1.56 bits per heavy atom. The molecule has 21 heteroatoms. The molecule has 0 spiro atoms. The third-order valence-corrected chi connectivity index (χ3v) is 13.5. The molecule has 0 radical (unpaired) electrons. The van der Waals surface area contributed by atoms with Crippen molar-refractivity contribution in [3.05, 3.63) is 90.8 Å². The van der Waals surface area contributed by atoms with Gasteiger partial charge in [0, 0.05) is 65.2 Å². The summed E-state index contributed by atoms with van der Waals surface area (Å²) in [5.74, 6) is -1.23. The number of carbonyl (C=O) groups excluding carboxylic acids is 6. The summed E-state index contributed by atoms with van der Waals surface area (Å²) in [6.07, 6.45) is 7.99. The number of ether oxygens (including phenoxy) is 4. The molecule has 1 fully saturated rings. The molecule has 1 saturated heterocycles. The summed E-state index contributed by atoms with van der Waals surface area (Å²) in [6, 6.07) is 20.4. The number of benzene rings is 3. The third kappa shape index (κ3) is 16.6. The molecule has 2 atom stereocenters. The number of urea groups is 1. The van der Waals surface area contributed by atoms with Crippen LogP contribution in [0.4, 0.5) is 10.5 Å². The lowest BCUT2D eigenvalue weighted by atomic mass is 9.89. The minimum atomic E-state index is -0.832. The summed E-state index contributed by atoms with van der Waals surface area (Å²) in [5.41, 5.74) is 10.6. The van der Waals surface area contributed by atoms with E-state index in [9.17, 15) is 28.8 Å². The van der Waals surface area contributed by atoms with Crippen LogP contribution in [0.3, 0.4) is 0 Å². The molecule has 2 aromatic heterocycles. The van der Waals surface area contributed by atoms with Gasteiger partial charge in [0.1, 0.15) is 37.5 Å². The van der Waals surface area contributed by atoms with Gasteiger partial charge in [-0.05, 0) is 80.5 Å². The molecule has 0 saturated carbocycles. The molecule has 400 valence electrons. The first-order chi connectivity index (χ1) is 36.4. The molecular formula is C54H70N11O10+. The second kappa shape index (κ2) is 27.8. The number of ketones is 1. The zero-order chi connectivity index (χ0) is 53.0. The van der Waals surface area contributed by atoms with Crippen LogP contribution in [0.15, 0.2) is 85.2 Å². The standard InChI is InChI=1S/C54H69N11O10/c1-37(2)50(60-47(67)19-25-72-28-30-74-31-29-73-26-21-64-48(68)17-18-49(64)69)46(66)34-41(9-7-20-56-54(55)71)53(70)59-42-14-11-38(12-15-42)35-65(22-4-3-5-23-65)24-27-75-43-10-6-8-39(32-43)51-44-33-40(52-57-36-58-63-52)13-16-45(44)61-62-51/h6,8,10-18,32-33,36-37,41,50H,3-5,7,9,19-31,34-35H2,1-2H3,(H6-,55,56,57,58,59,60,61,62,63,67,68,69,70,71)/p+1/t41-,50+/m1/s1. The number of piperidine rings is 1. The molecule has 2 aliphatic rings. The molecule has 0 unspecified atom stereocenters. The number of fused-ring (bicyclic) bond motifs is 1. The quantitative estimate of drug-likeness (QED) is 0.0193. The molecule has 3 aromatic carbocycles. The fourth-order valence-electron chi connectivity index (χ4n) is 9.42. The highest BCUT2D eigenvalue weighted by Gasteiger charge is 2.32. The normalized spacial score (nSPS) is 15.1. The van der Waals surface area contributed by atoms with Crippen molar-refractivity contribution >= 4 is 52.0 Å². The Morgan fingerprint density at radius 3 is 2.27 bits per heavy atom. The number of quaternary nitrogens is 1. The number of hydrogen-bond acceptors (Lipinski definition) is 13. The molecule has 0 bridgehead atoms. The predicted octanol–water partition coefficient (Wildman–Crippen LogP) is 5.06. The van der Waals surface area contributed by atoms with Gasteiger partial charge in [-0.2, -0.15) is 10.2 Å². The van der Waals surface area contributed by atoms with Crippen molar-refractivity contribution in [3.8, 4) is 28.4 Å². The van der Waals surface area contributed by atoms with Crippen LogP contribution in [-0.4, -0.2) is 155 Å². The van der Waals surface area contributed by atoms with E-state index >= 15 is 0 Å². The third-order valence-electron chi connectivity index (χ3n) is 13.5. The molecule has 7 rings (SSSR count). The number of primary amides is 1. The number of carbonyl (C=O) groups is 6. The van der Waals surface area contributed by atoms with E-state index in [0.29, 0.717) is 31.0 Å². The van der Waals surface area contributed by atoms with Crippen LogP contribution in [0.2, 0.25) is 0 Å². The molecule has 5 aromatic rings. The maximum Gasteiger partial charge on any atom is 0.312 e. The van der Waals surface area contributed by atoms with Crippen LogP contribution >= 0.6 is 0 Å². The van der Waals surface area contributed by atoms with Crippen LogP contribution in [0.5, 0.6) is 5.75 Å². The van der Waals surface area contributed by atoms with Crippen LogP contribution in [-0.2, 0) is 44.7 Å². The average molecular weight is 1030 g/mol. The number of hydrogen-bond donors (Lipinski definition) is 6. The van der Waals surface area contributed by atoms with Crippen molar-refractivity contribution in [2.45, 2.75) is 71.4 Å². The number of Topliss-reactive ketones (excluding diaryl/α,β-unsaturated/α-hetero) is 1. The van der Waals surface area contributed by atoms with Gasteiger partial charge in [0.15, 0.2) is 11.6 Å². The van der Waals surface area contributed by atoms with Gasteiger partial charge in [-0.3, -0.25) is 39.1 Å². The largest absolute Gasteiger partial charge is 0.488 e. The van der Waals surface area contributed by atoms with E-state index in [1.807, 2.05) is 80.6 Å². The Balaban J connectivity index is 0.867. The Labute approximate surface area is 436 Å². The zero-order valence-corrected chi connectivity index (χ0v) is 42.9. The van der Waals surface area contributed by atoms with Gasteiger partial charge in [-0.1, -0.05) is 38.1 Å². The number of nitrogens with zero attached hydrogens (tertiary/aromatic N) is 5. The smallest absolute Gasteiger partial charge is 0.312 e. The lowest BCUT2D eigenvalue weighted by Crippen LogP contribution is -2.52. The van der Waals surface area contributed by atoms with E-state index in [0.717, 1.165) is 87.4 Å². The van der Waals surface area contributed by atoms with Gasteiger partial charge < -0.3 is 45.1 Å². The van der Waals surface area contributed by atoms with Gasteiger partial charge in [-0.15, -0.1) is 0 Å². The number of anilines is 1. The number of aromatic nitrogens is 5. The van der Waals surface area contributed by atoms with E-state index in [-0.39, 0.29) is 101 Å². The first kappa shape index (κ1) is 55.4. The molecule has 0 aliphatic carbocycles. The van der Waals surface area contributed by atoms with E-state index in [1.165, 1.54) is 24.9 Å². The summed E-state index contributed by atoms with van der Waals surface area (Å²) in [7, 11) is 0. The first-order valence-corrected chi connectivity index (χ1v) is 25.8. The minimum Gasteiger partial charge on any atom is -0.488 e. The SMILES string of the molecule is CC(C)[C@H](NC(=O)CCOCCOCCOCCN1C(=O)C=CC1=O)C(=O)C[C@@H](CCCNC(N)=O)C(=O)Nc1ccc(C[N+]2(CCOc3cccc(-c4n[nH]c5ccc(-c6ncn[nH]6)cc45)c3)CCCCC2)cc1. The predicted molar refractivity (Wildman–Crippen MR) is 280 cm³/mol. The second-order valence-electron chi connectivity index (χ2n) is 19.3. The number of nitrogens with two attached hydrogens (primary N) is 1. The van der Waals surface area contributed by atoms with Crippen molar-refractivity contribution in [1.29, 1.82) is 0 Å². The summed E-state index contributed by atoms with van der Waals surface area (Å²) < 4.78 is 23.8. The first-order valence-electron chi connectivity index (χ1n) is 25.8. The fraction of sp³-hybridized carbons (Fsp3) is 0.463. The number of likely N-dealkylation sites (tertiary alicyclic amines) is 1. The lowest BCUT2D eigenvalue weighted by Gasteiger charge is -2.41. The van der Waals surface area contributed by atoms with E-state index < -0.39 is 18.0 Å². The monoisotopic (exact) mass is 1030 g/mol. The Kier molecular flexibility index (Phi) is 20.6. The van der Waals surface area contributed by atoms with Crippen molar-refractivity contribution in [2.24, 2.45) is 17.6 Å². The molecule has 2 aliphatic heterocycles. The summed E-state index contributed by atoms with van der Waals surface area (Å²) >= 11 is 0. The van der Waals surface area contributed by atoms with Crippen molar-refractivity contribution in [3.63, 3.8) is 0 Å². The van der Waals surface area contributed by atoms with Gasteiger partial charge in [-0.25, -0.2) is 9.78 Å². The fourth-order valence-corrected chi connectivity index (χ4v) is 9.42. The van der Waals surface area contributed by atoms with Crippen LogP contribution in [0.25, 0.3) is 33.5 Å². The summed E-state index contributed by atoms with van der Waals surface area (Å²) in [4.78, 5) is 80.7. The summed E-state index contributed by atoms with van der Waals surface area (Å²) in [6.45, 7) is 9.67. The van der Waals surface area contributed by atoms with E-state index in [1.54, 1.807) is 0 Å². The minimum absolute atomic E-state index is 0.0167. The highest BCUT2D eigenvalue weighted by atomic mass is 16.5. The molecule has 6 amide bonds. The Bertz CT molecular complexity index is 2700. The van der Waals surface area contributed by atoms with Gasteiger partial charge in [0.25, 0.3) is 11.8 Å². The Morgan fingerprint density at radius 1 is 0.827 bits per heavy atom. The number of H-pyrrole nitrogens is 2. The molecular weight excluding hydrogens is 963 g/mol. The van der Waals surface area contributed by atoms with E-state index in [2.05, 4.69) is 41.3 Å². The molecule has 4 heterocycles. The maximum atomic E-state index is 13.9. The van der Waals surface area contributed by atoms with Crippen LogP contribution in [0, 0.1) is 11.8 Å². The molecule has 7 N–H and O–H groups in total. The summed E-state index contributed by atoms with van der Waals surface area (Å²) in [5, 5.41) is 24.1. The van der Waals surface area contributed by atoms with Crippen molar-refractivity contribution < 1.29 is 52.2 Å². The van der Waals surface area contributed by atoms with Crippen LogP contribution < -0.4 is 26.4 Å². The Hall–Kier alpha value is -7.33. The number of amides is 6. The van der Waals surface area contributed by atoms with Crippen molar-refractivity contribution in [1.82, 2.24) is 40.9 Å². The number of imide groups is 1. The average Bonchev–Trinajstić information content (AvgIpc) is 4.17. The molecule has 21 nitrogen and oxygen atoms in total. The van der Waals surface area contributed by atoms with Crippen molar-refractivity contribution in [2.75, 3.05) is 84.3 Å². The van der Waals surface area contributed by atoms with E-state index in [4.69, 9.17) is 24.7 Å². The maximum absolute atomic E-state index is 13.9. The van der Waals surface area contributed by atoms with Gasteiger partial charge >= 0.3 is 6.03 Å². The highest BCUT2D eigenvalue weighted by molar-refractivity contribution is 6.12. The van der Waals surface area contributed by atoms with Gasteiger partial charge in [0.05, 0.1) is 70.8 Å². The highest BCUT2D eigenvalue weighted by Crippen LogP contribution is 2.32. The topological polar surface area (TPSA) is 275 Å². The number of rotatable bonds is 31. The molecule has 75 heavy (non-hydrogen) atoms.